The van der Waals surface area contributed by atoms with Gasteiger partial charge in [-0.1, -0.05) is 37.6 Å². The second kappa shape index (κ2) is 12.2. The van der Waals surface area contributed by atoms with Crippen molar-refractivity contribution >= 4 is 11.9 Å². The second-order valence-electron chi connectivity index (χ2n) is 7.80. The van der Waals surface area contributed by atoms with Crippen LogP contribution in [0, 0.1) is 0 Å². The minimum absolute atomic E-state index is 0.0173. The van der Waals surface area contributed by atoms with E-state index >= 15 is 0 Å². The Morgan fingerprint density at radius 3 is 2.33 bits per heavy atom. The Morgan fingerprint density at radius 2 is 1.72 bits per heavy atom. The number of benzene rings is 2. The Hall–Kier alpha value is -3.89. The lowest BCUT2D eigenvalue weighted by Crippen LogP contribution is -2.30. The Morgan fingerprint density at radius 1 is 1.03 bits per heavy atom. The molecule has 0 saturated heterocycles. The molecular formula is C25H26F3N3O5. The highest BCUT2D eigenvalue weighted by atomic mass is 19.4. The number of nitrogens with zero attached hydrogens (tertiary/aromatic N) is 3. The summed E-state index contributed by atoms with van der Waals surface area (Å²) in [5, 5.41) is 4.35. The van der Waals surface area contributed by atoms with E-state index in [-0.39, 0.29) is 18.8 Å². The van der Waals surface area contributed by atoms with Gasteiger partial charge in [0.05, 0.1) is 18.7 Å². The van der Waals surface area contributed by atoms with Crippen molar-refractivity contribution in [1.29, 1.82) is 0 Å². The number of aromatic nitrogens is 3. The van der Waals surface area contributed by atoms with E-state index in [4.69, 9.17) is 9.47 Å². The molecule has 1 heterocycles. The third kappa shape index (κ3) is 7.82. The number of hydrogen-bond acceptors (Lipinski definition) is 7. The van der Waals surface area contributed by atoms with E-state index in [0.717, 1.165) is 12.8 Å². The molecule has 1 atom stereocenters. The van der Waals surface area contributed by atoms with Gasteiger partial charge in [-0.15, -0.1) is 18.3 Å². The average Bonchev–Trinajstić information content (AvgIpc) is 3.32. The average molecular weight is 505 g/mol. The Labute approximate surface area is 206 Å². The number of ether oxygens (including phenoxy) is 3. The maximum atomic E-state index is 12.4. The second-order valence-corrected chi connectivity index (χ2v) is 7.80. The molecule has 3 rings (SSSR count). The third-order valence-corrected chi connectivity index (χ3v) is 5.03. The first kappa shape index (κ1) is 26.7. The zero-order chi connectivity index (χ0) is 26.1. The zero-order valence-electron chi connectivity index (χ0n) is 19.8. The number of esters is 2. The molecule has 192 valence electrons. The monoisotopic (exact) mass is 505 g/mol. The number of hydrogen-bond donors (Lipinski definition) is 0. The minimum atomic E-state index is -4.76. The van der Waals surface area contributed by atoms with Crippen LogP contribution in [0.5, 0.6) is 5.75 Å². The van der Waals surface area contributed by atoms with Gasteiger partial charge in [0.1, 0.15) is 12.1 Å². The van der Waals surface area contributed by atoms with Crippen LogP contribution in [0.25, 0.3) is 17.1 Å². The quantitative estimate of drug-likeness (QED) is 0.337. The van der Waals surface area contributed by atoms with E-state index in [1.54, 1.807) is 31.2 Å². The minimum Gasteiger partial charge on any atom is -0.463 e. The van der Waals surface area contributed by atoms with Crippen molar-refractivity contribution in [2.24, 2.45) is 0 Å². The smallest absolute Gasteiger partial charge is 0.463 e. The molecule has 1 unspecified atom stereocenters. The summed E-state index contributed by atoms with van der Waals surface area (Å²) in [5.74, 6) is -1.02. The molecule has 0 saturated carbocycles. The first-order valence-corrected chi connectivity index (χ1v) is 11.4. The molecule has 0 aliphatic heterocycles. The van der Waals surface area contributed by atoms with E-state index in [1.165, 1.54) is 35.3 Å². The van der Waals surface area contributed by atoms with Crippen molar-refractivity contribution in [3.63, 3.8) is 0 Å². The molecule has 0 aliphatic rings. The fourth-order valence-electron chi connectivity index (χ4n) is 3.31. The predicted octanol–water partition coefficient (Wildman–Crippen LogP) is 5.04. The third-order valence-electron chi connectivity index (χ3n) is 5.03. The predicted molar refractivity (Wildman–Crippen MR) is 123 cm³/mol. The van der Waals surface area contributed by atoms with Gasteiger partial charge in [0.25, 0.3) is 0 Å². The zero-order valence-corrected chi connectivity index (χ0v) is 19.8. The largest absolute Gasteiger partial charge is 0.573 e. The molecule has 2 aromatic carbocycles. The van der Waals surface area contributed by atoms with E-state index in [2.05, 4.69) is 14.8 Å². The molecule has 0 radical (unpaired) electrons. The van der Waals surface area contributed by atoms with Crippen molar-refractivity contribution in [2.75, 3.05) is 6.61 Å². The summed E-state index contributed by atoms with van der Waals surface area (Å²) in [6.07, 6.45) is -2.26. The first-order chi connectivity index (χ1) is 17.2. The van der Waals surface area contributed by atoms with Gasteiger partial charge in [-0.2, -0.15) is 0 Å². The molecule has 0 spiro atoms. The van der Waals surface area contributed by atoms with Gasteiger partial charge in [-0.3, -0.25) is 4.79 Å². The van der Waals surface area contributed by atoms with Crippen molar-refractivity contribution in [2.45, 2.75) is 52.0 Å². The highest BCUT2D eigenvalue weighted by molar-refractivity contribution is 5.80. The molecule has 0 N–H and O–H groups in total. The SMILES string of the molecule is CCCCC(OC(=O)Cc1ccc(-c2ncn(-c3ccc(OC(F)(F)F)cc3)n2)cc1)C(=O)OCC. The maximum absolute atomic E-state index is 12.4. The van der Waals surface area contributed by atoms with Crippen LogP contribution in [0.1, 0.15) is 38.7 Å². The van der Waals surface area contributed by atoms with E-state index in [1.807, 2.05) is 6.92 Å². The molecule has 11 heteroatoms. The van der Waals surface area contributed by atoms with Crippen LogP contribution in [0.3, 0.4) is 0 Å². The van der Waals surface area contributed by atoms with Crippen LogP contribution in [-0.4, -0.2) is 45.8 Å². The number of halogens is 3. The normalized spacial score (nSPS) is 12.1. The molecule has 0 fully saturated rings. The number of rotatable bonds is 11. The Kier molecular flexibility index (Phi) is 9.04. The molecule has 0 bridgehead atoms. The Balaban J connectivity index is 1.61. The number of alkyl halides is 3. The molecule has 1 aromatic heterocycles. The van der Waals surface area contributed by atoms with Crippen molar-refractivity contribution in [3.8, 4) is 22.8 Å². The molecule has 8 nitrogen and oxygen atoms in total. The summed E-state index contributed by atoms with van der Waals surface area (Å²) in [5.41, 5.74) is 1.86. The van der Waals surface area contributed by atoms with Crippen molar-refractivity contribution in [3.05, 3.63) is 60.4 Å². The van der Waals surface area contributed by atoms with Crippen molar-refractivity contribution in [1.82, 2.24) is 14.8 Å². The number of carbonyl (C=O) groups excluding carboxylic acids is 2. The molecule has 3 aromatic rings. The lowest BCUT2D eigenvalue weighted by molar-refractivity contribution is -0.274. The van der Waals surface area contributed by atoms with Gasteiger partial charge in [0.15, 0.2) is 11.9 Å². The van der Waals surface area contributed by atoms with E-state index in [9.17, 15) is 22.8 Å². The van der Waals surface area contributed by atoms with Crippen LogP contribution in [-0.2, 0) is 25.5 Å². The highest BCUT2D eigenvalue weighted by Gasteiger charge is 2.31. The summed E-state index contributed by atoms with van der Waals surface area (Å²) in [6.45, 7) is 3.88. The van der Waals surface area contributed by atoms with E-state index in [0.29, 0.717) is 29.1 Å². The van der Waals surface area contributed by atoms with Gasteiger partial charge < -0.3 is 14.2 Å². The van der Waals surface area contributed by atoms with Gasteiger partial charge >= 0.3 is 18.3 Å². The van der Waals surface area contributed by atoms with Crippen LogP contribution < -0.4 is 4.74 Å². The Bertz CT molecular complexity index is 1140. The van der Waals surface area contributed by atoms with Gasteiger partial charge in [0.2, 0.25) is 0 Å². The standard InChI is InChI=1S/C25H26F3N3O5/c1-3-5-6-21(24(33)34-4-2)35-22(32)15-17-7-9-18(10-8-17)23-29-16-31(30-23)19-11-13-20(14-12-19)36-25(26,27)28/h7-14,16,21H,3-6,15H2,1-2H3. The van der Waals surface area contributed by atoms with Crippen LogP contribution in [0.2, 0.25) is 0 Å². The van der Waals surface area contributed by atoms with E-state index < -0.39 is 24.4 Å². The maximum Gasteiger partial charge on any atom is 0.573 e. The molecular weight excluding hydrogens is 479 g/mol. The van der Waals surface area contributed by atoms with Crippen LogP contribution in [0.4, 0.5) is 13.2 Å². The molecule has 0 amide bonds. The summed E-state index contributed by atoms with van der Waals surface area (Å²) in [6, 6.07) is 12.2. The number of unbranched alkanes of at least 4 members (excludes halogenated alkanes) is 1. The first-order valence-electron chi connectivity index (χ1n) is 11.4. The lowest BCUT2D eigenvalue weighted by Gasteiger charge is -2.16. The highest BCUT2D eigenvalue weighted by Crippen LogP contribution is 2.24. The fourth-order valence-corrected chi connectivity index (χ4v) is 3.31. The van der Waals surface area contributed by atoms with Gasteiger partial charge in [-0.05, 0) is 49.6 Å². The van der Waals surface area contributed by atoms with Crippen LogP contribution >= 0.6 is 0 Å². The summed E-state index contributed by atoms with van der Waals surface area (Å²) in [7, 11) is 0. The topological polar surface area (TPSA) is 92.5 Å². The fraction of sp³-hybridized carbons (Fsp3) is 0.360. The van der Waals surface area contributed by atoms with Crippen LogP contribution in [0.15, 0.2) is 54.9 Å². The lowest BCUT2D eigenvalue weighted by atomic mass is 10.1. The van der Waals surface area contributed by atoms with Gasteiger partial charge in [-0.25, -0.2) is 14.5 Å². The van der Waals surface area contributed by atoms with Gasteiger partial charge in [0, 0.05) is 5.56 Å². The number of carbonyl (C=O) groups is 2. The summed E-state index contributed by atoms with van der Waals surface area (Å²) in [4.78, 5) is 28.7. The summed E-state index contributed by atoms with van der Waals surface area (Å²) >= 11 is 0. The molecule has 0 aliphatic carbocycles. The summed E-state index contributed by atoms with van der Waals surface area (Å²) < 4.78 is 52.6. The van der Waals surface area contributed by atoms with Crippen molar-refractivity contribution < 1.29 is 37.0 Å². The molecule has 36 heavy (non-hydrogen) atoms.